The minimum absolute atomic E-state index is 0.00551. The Labute approximate surface area is 93.2 Å². The number of nitrogens with two attached hydrogens (primary N) is 1. The van der Waals surface area contributed by atoms with Gasteiger partial charge in [0.25, 0.3) is 0 Å². The van der Waals surface area contributed by atoms with Crippen LogP contribution in [0.4, 0.5) is 0 Å². The number of halogens is 1. The van der Waals surface area contributed by atoms with E-state index in [4.69, 9.17) is 22.2 Å². The largest absolute Gasteiger partial charge is 0.379 e. The van der Waals surface area contributed by atoms with Gasteiger partial charge in [-0.05, 0) is 17.9 Å². The smallest absolute Gasteiger partial charge is 0.0801 e. The molecule has 0 bridgehead atoms. The first kappa shape index (κ1) is 11.9. The molecule has 0 amide bonds. The minimum Gasteiger partial charge on any atom is -0.379 e. The van der Waals surface area contributed by atoms with Crippen LogP contribution < -0.4 is 11.3 Å². The van der Waals surface area contributed by atoms with Crippen LogP contribution in [-0.4, -0.2) is 13.2 Å². The SMILES string of the molecule is CCCOCC(NN)c1sccc1Cl. The highest BCUT2D eigenvalue weighted by atomic mass is 35.5. The van der Waals surface area contributed by atoms with Crippen molar-refractivity contribution < 1.29 is 4.74 Å². The molecule has 0 fully saturated rings. The van der Waals surface area contributed by atoms with Crippen molar-refractivity contribution in [2.45, 2.75) is 19.4 Å². The Morgan fingerprint density at radius 2 is 2.50 bits per heavy atom. The standard InChI is InChI=1S/C9H15ClN2OS/c1-2-4-13-6-8(12-11)9-7(10)3-5-14-9/h3,5,8,12H,2,4,6,11H2,1H3. The monoisotopic (exact) mass is 234 g/mol. The van der Waals surface area contributed by atoms with E-state index in [1.165, 1.54) is 0 Å². The maximum absolute atomic E-state index is 5.99. The average Bonchev–Trinajstić information content (AvgIpc) is 2.60. The summed E-state index contributed by atoms with van der Waals surface area (Å²) in [5.41, 5.74) is 2.71. The lowest BCUT2D eigenvalue weighted by molar-refractivity contribution is 0.113. The Balaban J connectivity index is 2.50. The molecular weight excluding hydrogens is 220 g/mol. The van der Waals surface area contributed by atoms with Gasteiger partial charge in [-0.3, -0.25) is 5.84 Å². The van der Waals surface area contributed by atoms with E-state index >= 15 is 0 Å². The molecule has 5 heteroatoms. The first-order chi connectivity index (χ1) is 6.79. The molecule has 0 aromatic carbocycles. The number of hydrogen-bond acceptors (Lipinski definition) is 4. The molecule has 1 atom stereocenters. The van der Waals surface area contributed by atoms with Crippen molar-refractivity contribution in [3.63, 3.8) is 0 Å². The molecule has 0 saturated heterocycles. The topological polar surface area (TPSA) is 47.3 Å². The van der Waals surface area contributed by atoms with Crippen molar-refractivity contribution >= 4 is 22.9 Å². The van der Waals surface area contributed by atoms with E-state index in [1.807, 2.05) is 11.4 Å². The van der Waals surface area contributed by atoms with E-state index in [1.54, 1.807) is 11.3 Å². The number of thiophene rings is 1. The summed E-state index contributed by atoms with van der Waals surface area (Å²) in [7, 11) is 0. The van der Waals surface area contributed by atoms with E-state index in [2.05, 4.69) is 12.3 Å². The summed E-state index contributed by atoms with van der Waals surface area (Å²) in [6.07, 6.45) is 1.01. The first-order valence-corrected chi connectivity index (χ1v) is 5.82. The summed E-state index contributed by atoms with van der Waals surface area (Å²) in [5, 5.41) is 2.69. The Kier molecular flexibility index (Phi) is 5.44. The molecule has 0 aliphatic carbocycles. The van der Waals surface area contributed by atoms with E-state index in [9.17, 15) is 0 Å². The van der Waals surface area contributed by atoms with Gasteiger partial charge >= 0.3 is 0 Å². The lowest BCUT2D eigenvalue weighted by atomic mass is 10.2. The van der Waals surface area contributed by atoms with Gasteiger partial charge in [-0.2, -0.15) is 0 Å². The zero-order valence-corrected chi connectivity index (χ0v) is 9.70. The van der Waals surface area contributed by atoms with Gasteiger partial charge < -0.3 is 4.74 Å². The second kappa shape index (κ2) is 6.37. The zero-order chi connectivity index (χ0) is 10.4. The Morgan fingerprint density at radius 1 is 1.71 bits per heavy atom. The highest BCUT2D eigenvalue weighted by Crippen LogP contribution is 2.28. The molecule has 14 heavy (non-hydrogen) atoms. The Hall–Kier alpha value is -0.130. The normalized spacial score (nSPS) is 13.1. The van der Waals surface area contributed by atoms with Gasteiger partial charge in [0, 0.05) is 11.5 Å². The molecular formula is C9H15ClN2OS. The van der Waals surface area contributed by atoms with Gasteiger partial charge in [0.1, 0.15) is 0 Å². The lowest BCUT2D eigenvalue weighted by Crippen LogP contribution is -2.31. The molecule has 80 valence electrons. The Bertz CT molecular complexity index is 267. The number of rotatable bonds is 6. The van der Waals surface area contributed by atoms with Crippen molar-refractivity contribution in [2.24, 2.45) is 5.84 Å². The van der Waals surface area contributed by atoms with Crippen LogP contribution in [0, 0.1) is 0 Å². The molecule has 0 aliphatic rings. The van der Waals surface area contributed by atoms with Crippen molar-refractivity contribution in [1.29, 1.82) is 0 Å². The summed E-state index contributed by atoms with van der Waals surface area (Å²) in [6, 6.07) is 1.86. The van der Waals surface area contributed by atoms with Gasteiger partial charge in [0.15, 0.2) is 0 Å². The molecule has 3 N–H and O–H groups in total. The predicted molar refractivity (Wildman–Crippen MR) is 60.5 cm³/mol. The zero-order valence-electron chi connectivity index (χ0n) is 8.13. The number of hydrazine groups is 1. The maximum Gasteiger partial charge on any atom is 0.0801 e. The summed E-state index contributed by atoms with van der Waals surface area (Å²) in [6.45, 7) is 3.38. The third-order valence-electron chi connectivity index (χ3n) is 1.80. The summed E-state index contributed by atoms with van der Waals surface area (Å²) < 4.78 is 5.42. The summed E-state index contributed by atoms with van der Waals surface area (Å²) >= 11 is 7.57. The summed E-state index contributed by atoms with van der Waals surface area (Å²) in [5.74, 6) is 5.43. The van der Waals surface area contributed by atoms with Crippen LogP contribution in [0.1, 0.15) is 24.3 Å². The van der Waals surface area contributed by atoms with Gasteiger partial charge in [0.05, 0.1) is 17.7 Å². The predicted octanol–water partition coefficient (Wildman–Crippen LogP) is 2.33. The molecule has 1 aromatic rings. The molecule has 1 unspecified atom stereocenters. The van der Waals surface area contributed by atoms with Crippen LogP contribution in [0.15, 0.2) is 11.4 Å². The fraction of sp³-hybridized carbons (Fsp3) is 0.556. The third kappa shape index (κ3) is 3.22. The van der Waals surface area contributed by atoms with Crippen LogP contribution in [-0.2, 0) is 4.74 Å². The minimum atomic E-state index is -0.00551. The number of ether oxygens (including phenoxy) is 1. The number of nitrogens with one attached hydrogen (secondary N) is 1. The van der Waals surface area contributed by atoms with E-state index < -0.39 is 0 Å². The van der Waals surface area contributed by atoms with E-state index in [0.717, 1.165) is 22.9 Å². The van der Waals surface area contributed by atoms with E-state index in [-0.39, 0.29) is 6.04 Å². The van der Waals surface area contributed by atoms with Gasteiger partial charge in [0.2, 0.25) is 0 Å². The van der Waals surface area contributed by atoms with Gasteiger partial charge in [-0.25, -0.2) is 5.43 Å². The molecule has 0 spiro atoms. The number of hydrogen-bond donors (Lipinski definition) is 2. The lowest BCUT2D eigenvalue weighted by Gasteiger charge is -2.14. The molecule has 0 radical (unpaired) electrons. The summed E-state index contributed by atoms with van der Waals surface area (Å²) in [4.78, 5) is 1.03. The fourth-order valence-electron chi connectivity index (χ4n) is 1.10. The molecule has 0 aliphatic heterocycles. The van der Waals surface area contributed by atoms with Crippen molar-refractivity contribution in [3.8, 4) is 0 Å². The average molecular weight is 235 g/mol. The first-order valence-electron chi connectivity index (χ1n) is 4.56. The van der Waals surface area contributed by atoms with Crippen molar-refractivity contribution in [2.75, 3.05) is 13.2 Å². The van der Waals surface area contributed by atoms with E-state index in [0.29, 0.717) is 6.61 Å². The van der Waals surface area contributed by atoms with Crippen LogP contribution in [0.3, 0.4) is 0 Å². The molecule has 3 nitrogen and oxygen atoms in total. The molecule has 0 saturated carbocycles. The van der Waals surface area contributed by atoms with Crippen molar-refractivity contribution in [1.82, 2.24) is 5.43 Å². The second-order valence-electron chi connectivity index (χ2n) is 2.93. The molecule has 1 rings (SSSR count). The Morgan fingerprint density at radius 3 is 3.00 bits per heavy atom. The third-order valence-corrected chi connectivity index (χ3v) is 3.27. The maximum atomic E-state index is 5.99. The molecule has 1 aromatic heterocycles. The van der Waals surface area contributed by atoms with Crippen LogP contribution in [0.5, 0.6) is 0 Å². The van der Waals surface area contributed by atoms with Crippen LogP contribution >= 0.6 is 22.9 Å². The highest BCUT2D eigenvalue weighted by Gasteiger charge is 2.14. The van der Waals surface area contributed by atoms with Gasteiger partial charge in [-0.1, -0.05) is 18.5 Å². The van der Waals surface area contributed by atoms with Crippen molar-refractivity contribution in [3.05, 3.63) is 21.3 Å². The quantitative estimate of drug-likeness (QED) is 0.451. The fourth-order valence-corrected chi connectivity index (χ4v) is 2.33. The van der Waals surface area contributed by atoms with Gasteiger partial charge in [-0.15, -0.1) is 11.3 Å². The highest BCUT2D eigenvalue weighted by molar-refractivity contribution is 7.10. The van der Waals surface area contributed by atoms with Crippen LogP contribution in [0.25, 0.3) is 0 Å². The molecule has 1 heterocycles. The second-order valence-corrected chi connectivity index (χ2v) is 4.28. The van der Waals surface area contributed by atoms with Crippen LogP contribution in [0.2, 0.25) is 5.02 Å².